The molecule has 1 aromatic carbocycles. The molecule has 17 heavy (non-hydrogen) atoms. The topological polar surface area (TPSA) is 15.3 Å². The summed E-state index contributed by atoms with van der Waals surface area (Å²) >= 11 is 3.49. The fraction of sp³-hybridized carbons (Fsp3) is 0.571. The van der Waals surface area contributed by atoms with Gasteiger partial charge in [-0.3, -0.25) is 4.90 Å². The van der Waals surface area contributed by atoms with Crippen molar-refractivity contribution in [2.45, 2.75) is 13.0 Å². The van der Waals surface area contributed by atoms with Crippen LogP contribution in [0.25, 0.3) is 0 Å². The molecule has 2 nitrogen and oxygen atoms in total. The maximum absolute atomic E-state index is 3.52. The van der Waals surface area contributed by atoms with Crippen LogP contribution in [0.15, 0.2) is 28.7 Å². The van der Waals surface area contributed by atoms with Crippen molar-refractivity contribution in [1.82, 2.24) is 10.2 Å². The Hall–Kier alpha value is -0.380. The molecule has 2 saturated heterocycles. The fourth-order valence-electron chi connectivity index (χ4n) is 3.10. The van der Waals surface area contributed by atoms with Gasteiger partial charge in [-0.1, -0.05) is 28.1 Å². The van der Waals surface area contributed by atoms with Crippen molar-refractivity contribution >= 4 is 15.9 Å². The number of likely N-dealkylation sites (tertiary alicyclic amines) is 1. The zero-order valence-corrected chi connectivity index (χ0v) is 11.6. The fourth-order valence-corrected chi connectivity index (χ4v) is 3.37. The molecule has 3 heteroatoms. The van der Waals surface area contributed by atoms with Gasteiger partial charge in [0.05, 0.1) is 0 Å². The first kappa shape index (κ1) is 11.7. The summed E-state index contributed by atoms with van der Waals surface area (Å²) in [6.45, 7) is 6.11. The highest BCUT2D eigenvalue weighted by molar-refractivity contribution is 9.10. The number of halogens is 1. The highest BCUT2D eigenvalue weighted by Gasteiger charge is 2.32. The molecule has 0 aromatic heterocycles. The number of fused-ring (bicyclic) bond motifs is 1. The molecule has 0 amide bonds. The van der Waals surface area contributed by atoms with Gasteiger partial charge in [0.15, 0.2) is 0 Å². The standard InChI is InChI=1S/C14H19BrN2/c15-14-3-1-11(2-4-14)9-17-6-5-12-7-16-8-13(12)10-17/h1-4,12-13,16H,5-10H2. The van der Waals surface area contributed by atoms with E-state index < -0.39 is 0 Å². The lowest BCUT2D eigenvalue weighted by atomic mass is 9.88. The van der Waals surface area contributed by atoms with Crippen LogP contribution in [-0.4, -0.2) is 31.1 Å². The molecule has 0 aliphatic carbocycles. The lowest BCUT2D eigenvalue weighted by molar-refractivity contribution is 0.142. The van der Waals surface area contributed by atoms with E-state index in [-0.39, 0.29) is 0 Å². The number of hydrogen-bond acceptors (Lipinski definition) is 2. The van der Waals surface area contributed by atoms with Crippen LogP contribution in [0.4, 0.5) is 0 Å². The SMILES string of the molecule is Brc1ccc(CN2CCC3CNCC3C2)cc1. The molecule has 3 rings (SSSR count). The second-order valence-corrected chi connectivity index (χ2v) is 6.24. The largest absolute Gasteiger partial charge is 0.316 e. The molecule has 0 radical (unpaired) electrons. The molecule has 2 aliphatic rings. The Balaban J connectivity index is 1.60. The molecule has 0 bridgehead atoms. The van der Waals surface area contributed by atoms with Gasteiger partial charge in [-0.05, 0) is 55.6 Å². The van der Waals surface area contributed by atoms with E-state index in [0.717, 1.165) is 18.4 Å². The third kappa shape index (κ3) is 2.72. The minimum Gasteiger partial charge on any atom is -0.316 e. The van der Waals surface area contributed by atoms with Gasteiger partial charge in [0.2, 0.25) is 0 Å². The molecule has 0 saturated carbocycles. The number of nitrogens with one attached hydrogen (secondary N) is 1. The number of hydrogen-bond donors (Lipinski definition) is 1. The Morgan fingerprint density at radius 1 is 1.18 bits per heavy atom. The van der Waals surface area contributed by atoms with E-state index in [1.807, 2.05) is 0 Å². The summed E-state index contributed by atoms with van der Waals surface area (Å²) in [5.74, 6) is 1.83. The summed E-state index contributed by atoms with van der Waals surface area (Å²) in [5.41, 5.74) is 1.43. The van der Waals surface area contributed by atoms with E-state index in [2.05, 4.69) is 50.4 Å². The Kier molecular flexibility index (Phi) is 3.50. The second-order valence-electron chi connectivity index (χ2n) is 5.33. The summed E-state index contributed by atoms with van der Waals surface area (Å²) in [4.78, 5) is 2.61. The number of rotatable bonds is 2. The number of benzene rings is 1. The molecule has 2 fully saturated rings. The van der Waals surface area contributed by atoms with Crippen molar-refractivity contribution in [3.05, 3.63) is 34.3 Å². The van der Waals surface area contributed by atoms with Crippen LogP contribution in [0.5, 0.6) is 0 Å². The third-order valence-electron chi connectivity index (χ3n) is 4.11. The van der Waals surface area contributed by atoms with Crippen molar-refractivity contribution in [3.8, 4) is 0 Å². The Morgan fingerprint density at radius 2 is 1.94 bits per heavy atom. The van der Waals surface area contributed by atoms with Crippen LogP contribution >= 0.6 is 15.9 Å². The van der Waals surface area contributed by atoms with E-state index in [4.69, 9.17) is 0 Å². The Morgan fingerprint density at radius 3 is 2.76 bits per heavy atom. The monoisotopic (exact) mass is 294 g/mol. The molecule has 0 spiro atoms. The van der Waals surface area contributed by atoms with Crippen molar-refractivity contribution in [2.24, 2.45) is 11.8 Å². The first-order valence-corrected chi connectivity index (χ1v) is 7.28. The minimum atomic E-state index is 0.888. The van der Waals surface area contributed by atoms with Crippen LogP contribution < -0.4 is 5.32 Å². The van der Waals surface area contributed by atoms with Gasteiger partial charge in [-0.25, -0.2) is 0 Å². The van der Waals surface area contributed by atoms with Crippen LogP contribution in [-0.2, 0) is 6.54 Å². The molecule has 2 heterocycles. The van der Waals surface area contributed by atoms with E-state index >= 15 is 0 Å². The maximum atomic E-state index is 3.52. The zero-order chi connectivity index (χ0) is 11.7. The van der Waals surface area contributed by atoms with E-state index in [1.165, 1.54) is 42.6 Å². The minimum absolute atomic E-state index is 0.888. The van der Waals surface area contributed by atoms with Gasteiger partial charge in [-0.2, -0.15) is 0 Å². The van der Waals surface area contributed by atoms with Crippen molar-refractivity contribution < 1.29 is 0 Å². The third-order valence-corrected chi connectivity index (χ3v) is 4.64. The summed E-state index contributed by atoms with van der Waals surface area (Å²) in [7, 11) is 0. The van der Waals surface area contributed by atoms with Gasteiger partial charge in [0.1, 0.15) is 0 Å². The smallest absolute Gasteiger partial charge is 0.0233 e. The molecule has 1 N–H and O–H groups in total. The summed E-state index contributed by atoms with van der Waals surface area (Å²) < 4.78 is 1.17. The number of nitrogens with zero attached hydrogens (tertiary/aromatic N) is 1. The van der Waals surface area contributed by atoms with Crippen LogP contribution in [0.1, 0.15) is 12.0 Å². The van der Waals surface area contributed by atoms with Gasteiger partial charge in [0.25, 0.3) is 0 Å². The van der Waals surface area contributed by atoms with Crippen LogP contribution in [0.3, 0.4) is 0 Å². The van der Waals surface area contributed by atoms with Crippen LogP contribution in [0, 0.1) is 11.8 Å². The maximum Gasteiger partial charge on any atom is 0.0233 e. The van der Waals surface area contributed by atoms with E-state index in [1.54, 1.807) is 0 Å². The van der Waals surface area contributed by atoms with Gasteiger partial charge >= 0.3 is 0 Å². The first-order valence-electron chi connectivity index (χ1n) is 6.49. The summed E-state index contributed by atoms with van der Waals surface area (Å²) in [6.07, 6.45) is 1.37. The summed E-state index contributed by atoms with van der Waals surface area (Å²) in [5, 5.41) is 3.52. The normalized spacial score (nSPS) is 29.2. The van der Waals surface area contributed by atoms with Crippen molar-refractivity contribution in [1.29, 1.82) is 0 Å². The molecule has 2 atom stereocenters. The summed E-state index contributed by atoms with van der Waals surface area (Å²) in [6, 6.07) is 8.73. The van der Waals surface area contributed by atoms with Gasteiger partial charge < -0.3 is 5.32 Å². The molecule has 1 aromatic rings. The second kappa shape index (κ2) is 5.09. The quantitative estimate of drug-likeness (QED) is 0.902. The molecule has 2 unspecified atom stereocenters. The highest BCUT2D eigenvalue weighted by atomic mass is 79.9. The van der Waals surface area contributed by atoms with E-state index in [9.17, 15) is 0 Å². The average molecular weight is 295 g/mol. The lowest BCUT2D eigenvalue weighted by Gasteiger charge is -2.34. The average Bonchev–Trinajstić information content (AvgIpc) is 2.79. The lowest BCUT2D eigenvalue weighted by Crippen LogP contribution is -2.39. The predicted octanol–water partition coefficient (Wildman–Crippen LogP) is 2.49. The zero-order valence-electron chi connectivity index (χ0n) is 10.0. The first-order chi connectivity index (χ1) is 8.31. The molecule has 92 valence electrons. The highest BCUT2D eigenvalue weighted by Crippen LogP contribution is 2.27. The molecule has 2 aliphatic heterocycles. The van der Waals surface area contributed by atoms with Crippen molar-refractivity contribution in [2.75, 3.05) is 26.2 Å². The van der Waals surface area contributed by atoms with Gasteiger partial charge in [0, 0.05) is 17.6 Å². The Bertz CT molecular complexity index is 376. The van der Waals surface area contributed by atoms with Crippen LogP contribution in [0.2, 0.25) is 0 Å². The van der Waals surface area contributed by atoms with E-state index in [0.29, 0.717) is 0 Å². The molecular formula is C14H19BrN2. The van der Waals surface area contributed by atoms with Gasteiger partial charge in [-0.15, -0.1) is 0 Å². The number of piperidine rings is 1. The predicted molar refractivity (Wildman–Crippen MR) is 73.9 cm³/mol. The van der Waals surface area contributed by atoms with Crippen molar-refractivity contribution in [3.63, 3.8) is 0 Å². The Labute approximate surface area is 112 Å². The molecular weight excluding hydrogens is 276 g/mol.